The summed E-state index contributed by atoms with van der Waals surface area (Å²) in [6.45, 7) is 0. The first-order chi connectivity index (χ1) is 6.72. The zero-order valence-electron chi connectivity index (χ0n) is 7.42. The molecule has 0 fully saturated rings. The molecular weight excluding hydrogens is 265 g/mol. The van der Waals surface area contributed by atoms with Crippen LogP contribution in [0.1, 0.15) is 0 Å². The molecule has 2 aromatic rings. The SMILES string of the molecule is COc1ccc(Cl)c2ccc(Br)nc12. The lowest BCUT2D eigenvalue weighted by Crippen LogP contribution is -1.88. The molecule has 0 aliphatic rings. The Kier molecular flexibility index (Phi) is 2.61. The summed E-state index contributed by atoms with van der Waals surface area (Å²) < 4.78 is 5.96. The van der Waals surface area contributed by atoms with Gasteiger partial charge in [-0.3, -0.25) is 0 Å². The third-order valence-corrected chi connectivity index (χ3v) is 2.72. The number of fused-ring (bicyclic) bond motifs is 1. The fourth-order valence-corrected chi connectivity index (χ4v) is 1.82. The summed E-state index contributed by atoms with van der Waals surface area (Å²) in [7, 11) is 1.62. The average Bonchev–Trinajstić information content (AvgIpc) is 2.18. The molecule has 1 aromatic heterocycles. The number of rotatable bonds is 1. The van der Waals surface area contributed by atoms with Gasteiger partial charge < -0.3 is 4.74 Å². The average molecular weight is 273 g/mol. The molecule has 1 aromatic carbocycles. The van der Waals surface area contributed by atoms with Gasteiger partial charge in [-0.25, -0.2) is 4.98 Å². The van der Waals surface area contributed by atoms with E-state index < -0.39 is 0 Å². The maximum absolute atomic E-state index is 6.03. The molecule has 0 aliphatic carbocycles. The van der Waals surface area contributed by atoms with Crippen LogP contribution >= 0.6 is 27.5 Å². The van der Waals surface area contributed by atoms with Crippen molar-refractivity contribution in [2.24, 2.45) is 0 Å². The zero-order chi connectivity index (χ0) is 10.1. The van der Waals surface area contributed by atoms with Crippen molar-refractivity contribution >= 4 is 38.4 Å². The molecule has 0 spiro atoms. The van der Waals surface area contributed by atoms with Gasteiger partial charge in [0.15, 0.2) is 0 Å². The molecule has 4 heteroatoms. The van der Waals surface area contributed by atoms with Gasteiger partial charge in [-0.1, -0.05) is 11.6 Å². The van der Waals surface area contributed by atoms with Crippen LogP contribution in [0.5, 0.6) is 5.75 Å². The second kappa shape index (κ2) is 3.75. The fraction of sp³-hybridized carbons (Fsp3) is 0.100. The van der Waals surface area contributed by atoms with E-state index >= 15 is 0 Å². The van der Waals surface area contributed by atoms with E-state index in [1.165, 1.54) is 0 Å². The van der Waals surface area contributed by atoms with Gasteiger partial charge in [0.1, 0.15) is 15.9 Å². The Morgan fingerprint density at radius 3 is 2.79 bits per heavy atom. The van der Waals surface area contributed by atoms with E-state index in [2.05, 4.69) is 20.9 Å². The Hall–Kier alpha value is -0.800. The van der Waals surface area contributed by atoms with Gasteiger partial charge in [-0.15, -0.1) is 0 Å². The summed E-state index contributed by atoms with van der Waals surface area (Å²) in [6, 6.07) is 7.38. The van der Waals surface area contributed by atoms with Crippen molar-refractivity contribution in [1.29, 1.82) is 0 Å². The van der Waals surface area contributed by atoms with Gasteiger partial charge in [0.25, 0.3) is 0 Å². The van der Waals surface area contributed by atoms with Crippen molar-refractivity contribution in [3.05, 3.63) is 33.9 Å². The Morgan fingerprint density at radius 2 is 2.07 bits per heavy atom. The second-order valence-corrected chi connectivity index (χ2v) is 4.00. The number of ether oxygens (including phenoxy) is 1. The molecular formula is C10H7BrClNO. The Balaban J connectivity index is 2.85. The van der Waals surface area contributed by atoms with Gasteiger partial charge in [0.05, 0.1) is 12.1 Å². The highest BCUT2D eigenvalue weighted by molar-refractivity contribution is 9.10. The van der Waals surface area contributed by atoms with E-state index in [9.17, 15) is 0 Å². The van der Waals surface area contributed by atoms with Crippen LogP contribution in [-0.2, 0) is 0 Å². The standard InChI is InChI=1S/C10H7BrClNO/c1-14-8-4-3-7(12)6-2-5-9(11)13-10(6)8/h2-5H,1H3. The number of nitrogens with zero attached hydrogens (tertiary/aromatic N) is 1. The number of hydrogen-bond donors (Lipinski definition) is 0. The summed E-state index contributed by atoms with van der Waals surface area (Å²) in [5.74, 6) is 0.728. The summed E-state index contributed by atoms with van der Waals surface area (Å²) >= 11 is 9.34. The molecule has 0 aliphatic heterocycles. The van der Waals surface area contributed by atoms with Gasteiger partial charge in [-0.05, 0) is 40.2 Å². The number of methoxy groups -OCH3 is 1. The number of pyridine rings is 1. The summed E-state index contributed by atoms with van der Waals surface area (Å²) in [5.41, 5.74) is 0.773. The van der Waals surface area contributed by atoms with Gasteiger partial charge in [-0.2, -0.15) is 0 Å². The first kappa shape index (κ1) is 9.74. The summed E-state index contributed by atoms with van der Waals surface area (Å²) in [4.78, 5) is 4.31. The van der Waals surface area contributed by atoms with E-state index in [4.69, 9.17) is 16.3 Å². The largest absolute Gasteiger partial charge is 0.494 e. The topological polar surface area (TPSA) is 22.1 Å². The highest BCUT2D eigenvalue weighted by atomic mass is 79.9. The summed E-state index contributed by atoms with van der Waals surface area (Å²) in [6.07, 6.45) is 0. The molecule has 72 valence electrons. The van der Waals surface area contributed by atoms with E-state index in [1.54, 1.807) is 13.2 Å². The van der Waals surface area contributed by atoms with Crippen molar-refractivity contribution in [1.82, 2.24) is 4.98 Å². The van der Waals surface area contributed by atoms with Crippen molar-refractivity contribution in [3.8, 4) is 5.75 Å². The number of hydrogen-bond acceptors (Lipinski definition) is 2. The molecule has 0 atom stereocenters. The molecule has 0 N–H and O–H groups in total. The fourth-order valence-electron chi connectivity index (χ4n) is 1.30. The minimum atomic E-state index is 0.681. The van der Waals surface area contributed by atoms with E-state index in [0.29, 0.717) is 5.02 Å². The third kappa shape index (κ3) is 1.57. The van der Waals surface area contributed by atoms with Gasteiger partial charge in [0.2, 0.25) is 0 Å². The molecule has 14 heavy (non-hydrogen) atoms. The predicted molar refractivity (Wildman–Crippen MR) is 61.0 cm³/mol. The minimum absolute atomic E-state index is 0.681. The molecule has 0 radical (unpaired) electrons. The maximum atomic E-state index is 6.03. The van der Waals surface area contributed by atoms with Crippen LogP contribution in [0, 0.1) is 0 Å². The number of benzene rings is 1. The van der Waals surface area contributed by atoms with Crippen LogP contribution in [0.2, 0.25) is 5.02 Å². The first-order valence-electron chi connectivity index (χ1n) is 4.01. The van der Waals surface area contributed by atoms with E-state index in [-0.39, 0.29) is 0 Å². The quantitative estimate of drug-likeness (QED) is 0.739. The predicted octanol–water partition coefficient (Wildman–Crippen LogP) is 3.66. The molecule has 0 unspecified atom stereocenters. The van der Waals surface area contributed by atoms with Crippen LogP contribution in [0.4, 0.5) is 0 Å². The van der Waals surface area contributed by atoms with Gasteiger partial charge >= 0.3 is 0 Å². The highest BCUT2D eigenvalue weighted by Crippen LogP contribution is 2.30. The van der Waals surface area contributed by atoms with Crippen LogP contribution < -0.4 is 4.74 Å². The molecule has 0 amide bonds. The third-order valence-electron chi connectivity index (χ3n) is 1.95. The van der Waals surface area contributed by atoms with Crippen LogP contribution in [0.3, 0.4) is 0 Å². The van der Waals surface area contributed by atoms with Crippen molar-refractivity contribution < 1.29 is 4.74 Å². The van der Waals surface area contributed by atoms with E-state index in [1.807, 2.05) is 18.2 Å². The monoisotopic (exact) mass is 271 g/mol. The van der Waals surface area contributed by atoms with E-state index in [0.717, 1.165) is 21.3 Å². The van der Waals surface area contributed by atoms with Gasteiger partial charge in [0, 0.05) is 5.39 Å². The van der Waals surface area contributed by atoms with Crippen molar-refractivity contribution in [3.63, 3.8) is 0 Å². The minimum Gasteiger partial charge on any atom is -0.494 e. The molecule has 1 heterocycles. The van der Waals surface area contributed by atoms with Crippen LogP contribution in [0.15, 0.2) is 28.9 Å². The Labute approximate surface area is 95.0 Å². The smallest absolute Gasteiger partial charge is 0.145 e. The lowest BCUT2D eigenvalue weighted by Gasteiger charge is -2.05. The lowest BCUT2D eigenvalue weighted by atomic mass is 10.2. The molecule has 0 saturated heterocycles. The van der Waals surface area contributed by atoms with Crippen LogP contribution in [-0.4, -0.2) is 12.1 Å². The van der Waals surface area contributed by atoms with Crippen molar-refractivity contribution in [2.45, 2.75) is 0 Å². The molecule has 2 nitrogen and oxygen atoms in total. The Morgan fingerprint density at radius 1 is 1.29 bits per heavy atom. The summed E-state index contributed by atoms with van der Waals surface area (Å²) in [5, 5.41) is 1.58. The zero-order valence-corrected chi connectivity index (χ0v) is 9.76. The molecule has 0 bridgehead atoms. The number of halogens is 2. The van der Waals surface area contributed by atoms with Crippen molar-refractivity contribution in [2.75, 3.05) is 7.11 Å². The Bertz CT molecular complexity index is 487. The second-order valence-electron chi connectivity index (χ2n) is 2.78. The number of aromatic nitrogens is 1. The normalized spacial score (nSPS) is 10.5. The first-order valence-corrected chi connectivity index (χ1v) is 5.18. The van der Waals surface area contributed by atoms with Crippen LogP contribution in [0.25, 0.3) is 10.9 Å². The maximum Gasteiger partial charge on any atom is 0.145 e. The molecule has 2 rings (SSSR count). The highest BCUT2D eigenvalue weighted by Gasteiger charge is 2.06. The molecule has 0 saturated carbocycles. The lowest BCUT2D eigenvalue weighted by molar-refractivity contribution is 0.419.